The van der Waals surface area contributed by atoms with Crippen LogP contribution in [0.5, 0.6) is 0 Å². The molecule has 0 unspecified atom stereocenters. The Morgan fingerprint density at radius 1 is 0.975 bits per heavy atom. The number of halogens is 1. The first kappa shape index (κ1) is 25.4. The maximum Gasteiger partial charge on any atom is 0.255 e. The number of aromatic nitrogens is 5. The molecule has 1 aliphatic heterocycles. The Labute approximate surface area is 230 Å². The van der Waals surface area contributed by atoms with Gasteiger partial charge in [-0.15, -0.1) is 5.10 Å². The summed E-state index contributed by atoms with van der Waals surface area (Å²) in [4.78, 5) is 15.1. The highest BCUT2D eigenvalue weighted by molar-refractivity contribution is 6.05. The fourth-order valence-electron chi connectivity index (χ4n) is 4.84. The van der Waals surface area contributed by atoms with Gasteiger partial charge in [0.2, 0.25) is 0 Å². The average molecular weight is 538 g/mol. The third-order valence-corrected chi connectivity index (χ3v) is 7.01. The summed E-state index contributed by atoms with van der Waals surface area (Å²) in [6, 6.07) is 19.8. The normalized spacial score (nSPS) is 13.4. The molecule has 1 fully saturated rings. The Kier molecular flexibility index (Phi) is 6.83. The molecule has 1 saturated heterocycles. The number of nitrogens with one attached hydrogen (secondary N) is 1. The number of para-hydroxylation sites is 1. The van der Waals surface area contributed by atoms with Crippen molar-refractivity contribution in [2.75, 3.05) is 36.5 Å². The van der Waals surface area contributed by atoms with Crippen LogP contribution in [0.15, 0.2) is 79.1 Å². The van der Waals surface area contributed by atoms with Crippen LogP contribution in [0.1, 0.15) is 21.6 Å². The van der Waals surface area contributed by atoms with Gasteiger partial charge < -0.3 is 15.0 Å². The molecule has 1 N–H and O–H groups in total. The summed E-state index contributed by atoms with van der Waals surface area (Å²) in [6.45, 7) is 6.40. The van der Waals surface area contributed by atoms with Crippen molar-refractivity contribution in [3.8, 4) is 22.6 Å². The van der Waals surface area contributed by atoms with Crippen LogP contribution in [-0.4, -0.2) is 57.0 Å². The van der Waals surface area contributed by atoms with Crippen LogP contribution in [0, 0.1) is 19.7 Å². The van der Waals surface area contributed by atoms with Crippen molar-refractivity contribution in [3.63, 3.8) is 0 Å². The topological polar surface area (TPSA) is 90.1 Å². The van der Waals surface area contributed by atoms with Gasteiger partial charge in [-0.25, -0.2) is 13.8 Å². The van der Waals surface area contributed by atoms with E-state index in [1.54, 1.807) is 16.9 Å². The van der Waals surface area contributed by atoms with E-state index in [4.69, 9.17) is 4.74 Å². The Bertz CT molecular complexity index is 1670. The number of hydrogen-bond acceptors (Lipinski definition) is 6. The van der Waals surface area contributed by atoms with E-state index in [-0.39, 0.29) is 5.56 Å². The van der Waals surface area contributed by atoms with Gasteiger partial charge in [0.25, 0.3) is 5.91 Å². The Morgan fingerprint density at radius 3 is 2.58 bits per heavy atom. The second-order valence-electron chi connectivity index (χ2n) is 9.69. The van der Waals surface area contributed by atoms with E-state index < -0.39 is 11.7 Å². The van der Waals surface area contributed by atoms with Gasteiger partial charge in [-0.05, 0) is 61.9 Å². The van der Waals surface area contributed by atoms with Crippen LogP contribution < -0.4 is 10.2 Å². The van der Waals surface area contributed by atoms with Gasteiger partial charge in [0, 0.05) is 35.6 Å². The van der Waals surface area contributed by atoms with E-state index in [1.807, 2.05) is 78.2 Å². The molecule has 10 heteroatoms. The highest BCUT2D eigenvalue weighted by atomic mass is 19.1. The second kappa shape index (κ2) is 10.7. The lowest BCUT2D eigenvalue weighted by Crippen LogP contribution is -2.36. The van der Waals surface area contributed by atoms with Crippen molar-refractivity contribution in [2.24, 2.45) is 0 Å². The smallest absolute Gasteiger partial charge is 0.255 e. The third-order valence-electron chi connectivity index (χ3n) is 7.01. The van der Waals surface area contributed by atoms with Gasteiger partial charge in [0.15, 0.2) is 0 Å². The fraction of sp³-hybridized carbons (Fsp3) is 0.200. The third kappa shape index (κ3) is 5.08. The molecule has 0 atom stereocenters. The number of rotatable bonds is 6. The van der Waals surface area contributed by atoms with Crippen LogP contribution in [0.25, 0.3) is 22.6 Å². The van der Waals surface area contributed by atoms with E-state index in [2.05, 4.69) is 20.7 Å². The van der Waals surface area contributed by atoms with Gasteiger partial charge in [0.05, 0.1) is 42.7 Å². The quantitative estimate of drug-likeness (QED) is 0.329. The largest absolute Gasteiger partial charge is 0.378 e. The Balaban J connectivity index is 1.24. The van der Waals surface area contributed by atoms with Gasteiger partial charge in [-0.3, -0.25) is 4.79 Å². The summed E-state index contributed by atoms with van der Waals surface area (Å²) in [5.74, 6) is -0.855. The summed E-state index contributed by atoms with van der Waals surface area (Å²) < 4.78 is 23.4. The van der Waals surface area contributed by atoms with Crippen molar-refractivity contribution in [1.29, 1.82) is 0 Å². The Morgan fingerprint density at radius 2 is 1.77 bits per heavy atom. The van der Waals surface area contributed by atoms with Crippen molar-refractivity contribution in [2.45, 2.75) is 13.8 Å². The number of anilines is 2. The lowest BCUT2D eigenvalue weighted by atomic mass is 10.1. The number of amides is 1. The number of carbonyl (C=O) groups excluding carboxylic acids is 1. The molecule has 9 nitrogen and oxygen atoms in total. The van der Waals surface area contributed by atoms with E-state index in [1.165, 1.54) is 12.1 Å². The molecule has 0 radical (unpaired) electrons. The van der Waals surface area contributed by atoms with Crippen molar-refractivity contribution in [1.82, 2.24) is 24.8 Å². The first-order valence-electron chi connectivity index (χ1n) is 13.0. The van der Waals surface area contributed by atoms with E-state index >= 15 is 0 Å². The summed E-state index contributed by atoms with van der Waals surface area (Å²) in [5, 5.41) is 16.2. The standard InChI is InChI=1S/C30H28FN7O2/c1-20-8-9-24(33-30(39)22-14-23(31)16-26(15-22)36-10-12-40-13-11-36)17-29(20)37-19-28(34-35-37)27-18-32-38(21(27)2)25-6-4-3-5-7-25/h3-9,14-19H,10-13H2,1-2H3,(H,33,39). The molecule has 1 aliphatic rings. The molecule has 0 saturated carbocycles. The first-order chi connectivity index (χ1) is 19.5. The second-order valence-corrected chi connectivity index (χ2v) is 9.69. The summed E-state index contributed by atoms with van der Waals surface area (Å²) in [7, 11) is 0. The lowest BCUT2D eigenvalue weighted by molar-refractivity contribution is 0.102. The number of ether oxygens (including phenoxy) is 1. The molecule has 3 aromatic carbocycles. The van der Waals surface area contributed by atoms with Crippen molar-refractivity contribution < 1.29 is 13.9 Å². The predicted molar refractivity (Wildman–Crippen MR) is 151 cm³/mol. The molecule has 5 aromatic rings. The number of hydrogen-bond donors (Lipinski definition) is 1. The van der Waals surface area contributed by atoms with Gasteiger partial charge in [0.1, 0.15) is 11.5 Å². The molecule has 3 heterocycles. The molecular formula is C30H28FN7O2. The zero-order chi connectivity index (χ0) is 27.6. The molecule has 2 aromatic heterocycles. The highest BCUT2D eigenvalue weighted by Crippen LogP contribution is 2.26. The summed E-state index contributed by atoms with van der Waals surface area (Å²) in [5.41, 5.74) is 6.66. The molecular weight excluding hydrogens is 509 g/mol. The number of benzene rings is 3. The zero-order valence-corrected chi connectivity index (χ0v) is 22.2. The SMILES string of the molecule is Cc1ccc(NC(=O)c2cc(F)cc(N3CCOCC3)c2)cc1-n1cc(-c2cnn(-c3ccccc3)c2C)nn1. The molecule has 0 aliphatic carbocycles. The predicted octanol–water partition coefficient (Wildman–Crippen LogP) is 4.96. The van der Waals surface area contributed by atoms with Crippen LogP contribution in [0.4, 0.5) is 15.8 Å². The number of carbonyl (C=O) groups is 1. The van der Waals surface area contributed by atoms with E-state index in [0.717, 1.165) is 28.2 Å². The lowest BCUT2D eigenvalue weighted by Gasteiger charge is -2.29. The minimum atomic E-state index is -0.459. The fourth-order valence-corrected chi connectivity index (χ4v) is 4.84. The first-order valence-corrected chi connectivity index (χ1v) is 13.0. The van der Waals surface area contributed by atoms with E-state index in [9.17, 15) is 9.18 Å². The number of morpholine rings is 1. The van der Waals surface area contributed by atoms with Crippen LogP contribution in [-0.2, 0) is 4.74 Å². The maximum atomic E-state index is 14.4. The number of nitrogens with zero attached hydrogens (tertiary/aromatic N) is 6. The van der Waals surface area contributed by atoms with Crippen LogP contribution in [0.2, 0.25) is 0 Å². The van der Waals surface area contributed by atoms with Crippen LogP contribution in [0.3, 0.4) is 0 Å². The molecule has 0 spiro atoms. The maximum absolute atomic E-state index is 14.4. The van der Waals surface area contributed by atoms with Gasteiger partial charge >= 0.3 is 0 Å². The monoisotopic (exact) mass is 537 g/mol. The average Bonchev–Trinajstić information content (AvgIpc) is 3.61. The molecule has 6 rings (SSSR count). The Hall–Kier alpha value is -4.83. The van der Waals surface area contributed by atoms with Crippen molar-refractivity contribution in [3.05, 3.63) is 102 Å². The molecule has 0 bridgehead atoms. The summed E-state index contributed by atoms with van der Waals surface area (Å²) >= 11 is 0. The molecule has 1 amide bonds. The number of aryl methyl sites for hydroxylation is 1. The molecule has 202 valence electrons. The van der Waals surface area contributed by atoms with Crippen LogP contribution >= 0.6 is 0 Å². The van der Waals surface area contributed by atoms with Crippen molar-refractivity contribution >= 4 is 17.3 Å². The summed E-state index contributed by atoms with van der Waals surface area (Å²) in [6.07, 6.45) is 3.62. The van der Waals surface area contributed by atoms with Gasteiger partial charge in [-0.1, -0.05) is 29.5 Å². The zero-order valence-electron chi connectivity index (χ0n) is 22.2. The minimum absolute atomic E-state index is 0.248. The minimum Gasteiger partial charge on any atom is -0.378 e. The van der Waals surface area contributed by atoms with Gasteiger partial charge in [-0.2, -0.15) is 5.10 Å². The highest BCUT2D eigenvalue weighted by Gasteiger charge is 2.17. The van der Waals surface area contributed by atoms with E-state index in [0.29, 0.717) is 43.4 Å². The molecule has 40 heavy (non-hydrogen) atoms.